The number of hydrogen-bond acceptors (Lipinski definition) is 3. The highest BCUT2D eigenvalue weighted by Crippen LogP contribution is 2.26. The number of aryl methyl sites for hydroxylation is 1. The number of anilines is 1. The molecule has 1 aromatic heterocycles. The van der Waals surface area contributed by atoms with Crippen molar-refractivity contribution in [3.8, 4) is 0 Å². The maximum Gasteiger partial charge on any atom is 0.0945 e. The number of nitrogens with two attached hydrogens (primary N) is 1. The Morgan fingerprint density at radius 1 is 1.40 bits per heavy atom. The van der Waals surface area contributed by atoms with Gasteiger partial charge in [-0.3, -0.25) is 0 Å². The summed E-state index contributed by atoms with van der Waals surface area (Å²) in [5.41, 5.74) is 7.50. The van der Waals surface area contributed by atoms with Gasteiger partial charge in [-0.25, -0.2) is 4.98 Å². The molecule has 0 fully saturated rings. The Bertz CT molecular complexity index is 549. The molecule has 0 saturated carbocycles. The summed E-state index contributed by atoms with van der Waals surface area (Å²) in [6, 6.07) is 5.80. The lowest BCUT2D eigenvalue weighted by Gasteiger charge is -2.27. The molecule has 0 amide bonds. The van der Waals surface area contributed by atoms with Crippen LogP contribution in [0.4, 0.5) is 5.69 Å². The fourth-order valence-corrected chi connectivity index (χ4v) is 2.23. The first kappa shape index (κ1) is 14.9. The van der Waals surface area contributed by atoms with E-state index in [0.29, 0.717) is 10.7 Å². The summed E-state index contributed by atoms with van der Waals surface area (Å²) in [6.45, 7) is 6.18. The van der Waals surface area contributed by atoms with Gasteiger partial charge in [0.2, 0.25) is 0 Å². The maximum atomic E-state index is 5.96. The molecule has 1 aromatic carbocycles. The minimum absolute atomic E-state index is 0.131. The molecule has 5 heteroatoms. The second-order valence-electron chi connectivity index (χ2n) is 5.44. The summed E-state index contributed by atoms with van der Waals surface area (Å²) < 4.78 is 2.08. The van der Waals surface area contributed by atoms with Crippen molar-refractivity contribution in [2.75, 3.05) is 12.3 Å². The van der Waals surface area contributed by atoms with Gasteiger partial charge in [-0.05, 0) is 44.5 Å². The Hall–Kier alpha value is -1.52. The van der Waals surface area contributed by atoms with Crippen LogP contribution >= 0.6 is 11.6 Å². The van der Waals surface area contributed by atoms with Gasteiger partial charge >= 0.3 is 0 Å². The number of hydrogen-bond donors (Lipinski definition) is 2. The lowest BCUT2D eigenvalue weighted by Crippen LogP contribution is -2.37. The zero-order valence-electron chi connectivity index (χ0n) is 11.9. The summed E-state index contributed by atoms with van der Waals surface area (Å²) in [4.78, 5) is 4.03. The third-order valence-electron chi connectivity index (χ3n) is 3.44. The normalized spacial score (nSPS) is 11.8. The van der Waals surface area contributed by atoms with E-state index in [4.69, 9.17) is 17.3 Å². The Morgan fingerprint density at radius 3 is 2.85 bits per heavy atom. The summed E-state index contributed by atoms with van der Waals surface area (Å²) >= 11 is 5.96. The second-order valence-corrected chi connectivity index (χ2v) is 5.85. The number of imidazole rings is 1. The third-order valence-corrected chi connectivity index (χ3v) is 3.78. The molecule has 0 aliphatic heterocycles. The average molecular weight is 293 g/mol. The number of rotatable bonds is 6. The number of nitrogens with one attached hydrogen (secondary N) is 1. The van der Waals surface area contributed by atoms with Crippen molar-refractivity contribution in [2.45, 2.75) is 32.4 Å². The molecule has 20 heavy (non-hydrogen) atoms. The summed E-state index contributed by atoms with van der Waals surface area (Å²) in [7, 11) is 0. The molecule has 0 bridgehead atoms. The van der Waals surface area contributed by atoms with E-state index in [2.05, 4.69) is 28.7 Å². The number of aromatic nitrogens is 2. The fraction of sp³-hybridized carbons (Fsp3) is 0.400. The first-order valence-corrected chi connectivity index (χ1v) is 7.13. The topological polar surface area (TPSA) is 55.9 Å². The first-order chi connectivity index (χ1) is 9.49. The molecular formula is C15H21ClN4. The Balaban J connectivity index is 1.88. The van der Waals surface area contributed by atoms with Gasteiger partial charge in [0, 0.05) is 24.5 Å². The maximum absolute atomic E-state index is 5.96. The highest BCUT2D eigenvalue weighted by Gasteiger charge is 2.19. The van der Waals surface area contributed by atoms with Crippen LogP contribution in [0.5, 0.6) is 0 Å². The van der Waals surface area contributed by atoms with E-state index in [9.17, 15) is 0 Å². The molecule has 2 aromatic rings. The van der Waals surface area contributed by atoms with Gasteiger partial charge in [-0.2, -0.15) is 0 Å². The molecule has 0 spiro atoms. The molecule has 4 nitrogen and oxygen atoms in total. The number of benzene rings is 1. The molecule has 0 saturated heterocycles. The Kier molecular flexibility index (Phi) is 4.68. The van der Waals surface area contributed by atoms with Gasteiger partial charge in [-0.15, -0.1) is 0 Å². The van der Waals surface area contributed by atoms with Crippen LogP contribution in [0.2, 0.25) is 5.02 Å². The Labute approximate surface area is 125 Å². The number of halogens is 1. The lowest BCUT2D eigenvalue weighted by atomic mass is 9.94. The predicted molar refractivity (Wildman–Crippen MR) is 83.7 cm³/mol. The van der Waals surface area contributed by atoms with Crippen LogP contribution in [0, 0.1) is 0 Å². The lowest BCUT2D eigenvalue weighted by molar-refractivity contribution is 0.393. The quantitative estimate of drug-likeness (QED) is 0.635. The van der Waals surface area contributed by atoms with E-state index in [1.807, 2.05) is 30.7 Å². The van der Waals surface area contributed by atoms with Crippen molar-refractivity contribution in [1.29, 1.82) is 0 Å². The first-order valence-electron chi connectivity index (χ1n) is 6.75. The van der Waals surface area contributed by atoms with Gasteiger partial charge in [0.25, 0.3) is 0 Å². The highest BCUT2D eigenvalue weighted by molar-refractivity contribution is 6.33. The van der Waals surface area contributed by atoms with Crippen LogP contribution in [0.15, 0.2) is 36.9 Å². The van der Waals surface area contributed by atoms with E-state index in [-0.39, 0.29) is 5.54 Å². The molecule has 0 atom stereocenters. The highest BCUT2D eigenvalue weighted by atomic mass is 35.5. The zero-order valence-corrected chi connectivity index (χ0v) is 12.7. The van der Waals surface area contributed by atoms with E-state index < -0.39 is 0 Å². The largest absolute Gasteiger partial charge is 0.398 e. The average Bonchev–Trinajstić information content (AvgIpc) is 2.91. The van der Waals surface area contributed by atoms with Gasteiger partial charge in [0.1, 0.15) is 0 Å². The van der Waals surface area contributed by atoms with Crippen molar-refractivity contribution < 1.29 is 0 Å². The molecule has 108 valence electrons. The molecule has 2 rings (SSSR count). The standard InChI is InChI=1S/C15H21ClN4/c1-15(2,12-4-5-13(16)14(17)10-12)19-6-3-8-20-9-7-18-11-20/h4-5,7,9-11,19H,3,6,8,17H2,1-2H3. The van der Waals surface area contributed by atoms with Crippen LogP contribution in [0.25, 0.3) is 0 Å². The van der Waals surface area contributed by atoms with Gasteiger partial charge in [-0.1, -0.05) is 17.7 Å². The molecule has 0 aliphatic carbocycles. The van der Waals surface area contributed by atoms with E-state index in [1.54, 1.807) is 6.20 Å². The van der Waals surface area contributed by atoms with Crippen LogP contribution in [0.1, 0.15) is 25.8 Å². The zero-order chi connectivity index (χ0) is 14.6. The molecule has 0 unspecified atom stereocenters. The van der Waals surface area contributed by atoms with Crippen LogP contribution in [0.3, 0.4) is 0 Å². The second kappa shape index (κ2) is 6.29. The smallest absolute Gasteiger partial charge is 0.0945 e. The van der Waals surface area contributed by atoms with E-state index in [1.165, 1.54) is 0 Å². The predicted octanol–water partition coefficient (Wildman–Crippen LogP) is 3.03. The van der Waals surface area contributed by atoms with Crippen LogP contribution < -0.4 is 11.1 Å². The van der Waals surface area contributed by atoms with Crippen molar-refractivity contribution in [3.63, 3.8) is 0 Å². The summed E-state index contributed by atoms with van der Waals surface area (Å²) in [5, 5.41) is 4.15. The molecule has 3 N–H and O–H groups in total. The van der Waals surface area contributed by atoms with E-state index in [0.717, 1.165) is 25.1 Å². The number of nitrogen functional groups attached to an aromatic ring is 1. The van der Waals surface area contributed by atoms with Gasteiger partial charge in [0.15, 0.2) is 0 Å². The monoisotopic (exact) mass is 292 g/mol. The SMILES string of the molecule is CC(C)(NCCCn1ccnc1)c1ccc(Cl)c(N)c1. The molecule has 1 heterocycles. The van der Waals surface area contributed by atoms with Gasteiger partial charge in [0.05, 0.1) is 17.0 Å². The third kappa shape index (κ3) is 3.74. The van der Waals surface area contributed by atoms with Crippen molar-refractivity contribution in [3.05, 3.63) is 47.5 Å². The Morgan fingerprint density at radius 2 is 2.20 bits per heavy atom. The van der Waals surface area contributed by atoms with Crippen LogP contribution in [-0.2, 0) is 12.1 Å². The van der Waals surface area contributed by atoms with Crippen molar-refractivity contribution in [2.24, 2.45) is 0 Å². The van der Waals surface area contributed by atoms with E-state index >= 15 is 0 Å². The fourth-order valence-electron chi connectivity index (χ4n) is 2.12. The van der Waals surface area contributed by atoms with Crippen molar-refractivity contribution in [1.82, 2.24) is 14.9 Å². The minimum atomic E-state index is -0.131. The van der Waals surface area contributed by atoms with Gasteiger partial charge < -0.3 is 15.6 Å². The van der Waals surface area contributed by atoms with Crippen LogP contribution in [-0.4, -0.2) is 16.1 Å². The molecule has 0 radical (unpaired) electrons. The molecular weight excluding hydrogens is 272 g/mol. The minimum Gasteiger partial charge on any atom is -0.398 e. The summed E-state index contributed by atoms with van der Waals surface area (Å²) in [5.74, 6) is 0. The molecule has 0 aliphatic rings. The van der Waals surface area contributed by atoms with Crippen molar-refractivity contribution >= 4 is 17.3 Å². The summed E-state index contributed by atoms with van der Waals surface area (Å²) in [6.07, 6.45) is 6.66. The number of nitrogens with zero attached hydrogens (tertiary/aromatic N) is 2.